The Bertz CT molecular complexity index is 965. The molecule has 0 unspecified atom stereocenters. The normalized spacial score (nSPS) is 43.9. The fourth-order valence-electron chi connectivity index (χ4n) is 5.47. The number of aliphatic hydroxyl groups excluding tert-OH is 13. The fraction of sp³-hybridized carbons (Fsp3) is 0.962. The molecular formula is C26H47NO20. The molecule has 47 heavy (non-hydrogen) atoms. The zero-order chi connectivity index (χ0) is 35.3. The lowest BCUT2D eigenvalue weighted by Gasteiger charge is -2.49. The number of aliphatic hydroxyl groups is 13. The lowest BCUT2D eigenvalue weighted by molar-refractivity contribution is -0.392. The number of rotatable bonds is 14. The zero-order valence-electron chi connectivity index (χ0n) is 25.5. The van der Waals surface area contributed by atoms with Crippen LogP contribution in [0.5, 0.6) is 0 Å². The van der Waals surface area contributed by atoms with Crippen molar-refractivity contribution in [1.82, 2.24) is 5.32 Å². The number of carbonyl (C=O) groups is 1. The van der Waals surface area contributed by atoms with E-state index in [-0.39, 0.29) is 0 Å². The Balaban J connectivity index is 2.00. The summed E-state index contributed by atoms with van der Waals surface area (Å²) in [7, 11) is 0. The molecule has 1 amide bonds. The molecule has 3 aliphatic heterocycles. The van der Waals surface area contributed by atoms with Crippen LogP contribution < -0.4 is 5.32 Å². The molecule has 19 atom stereocenters. The second-order valence-electron chi connectivity index (χ2n) is 11.6. The van der Waals surface area contributed by atoms with Crippen molar-refractivity contribution in [2.24, 2.45) is 0 Å². The van der Waals surface area contributed by atoms with Gasteiger partial charge < -0.3 is 100 Å². The number of hydrogen-bond donors (Lipinski definition) is 14. The van der Waals surface area contributed by atoms with Crippen molar-refractivity contribution >= 4 is 5.91 Å². The maximum atomic E-state index is 11.8. The highest BCUT2D eigenvalue weighted by molar-refractivity contribution is 5.73. The van der Waals surface area contributed by atoms with Crippen LogP contribution in [0.25, 0.3) is 0 Å². The van der Waals surface area contributed by atoms with Gasteiger partial charge in [0.25, 0.3) is 0 Å². The minimum absolute atomic E-state index is 0.720. The molecule has 21 heteroatoms. The minimum atomic E-state index is -2.05. The Morgan fingerprint density at radius 3 is 1.74 bits per heavy atom. The number of nitrogens with one attached hydrogen (secondary N) is 1. The maximum absolute atomic E-state index is 11.8. The van der Waals surface area contributed by atoms with Crippen LogP contribution in [0.2, 0.25) is 0 Å². The molecule has 276 valence electrons. The Morgan fingerprint density at radius 1 is 0.681 bits per heavy atom. The van der Waals surface area contributed by atoms with Crippen LogP contribution in [0.4, 0.5) is 0 Å². The van der Waals surface area contributed by atoms with Gasteiger partial charge in [0.15, 0.2) is 18.9 Å². The Kier molecular flexibility index (Phi) is 15.0. The highest BCUT2D eigenvalue weighted by Crippen LogP contribution is 2.34. The van der Waals surface area contributed by atoms with E-state index in [4.69, 9.17) is 28.4 Å². The van der Waals surface area contributed by atoms with E-state index in [0.29, 0.717) is 0 Å². The third-order valence-electron chi connectivity index (χ3n) is 8.23. The van der Waals surface area contributed by atoms with Crippen molar-refractivity contribution < 1.29 is 99.6 Å². The highest BCUT2D eigenvalue weighted by Gasteiger charge is 2.55. The smallest absolute Gasteiger partial charge is 0.217 e. The highest BCUT2D eigenvalue weighted by atomic mass is 16.8. The molecule has 3 saturated heterocycles. The monoisotopic (exact) mass is 693 g/mol. The van der Waals surface area contributed by atoms with Crippen molar-refractivity contribution in [3.8, 4) is 0 Å². The second-order valence-corrected chi connectivity index (χ2v) is 11.6. The van der Waals surface area contributed by atoms with Gasteiger partial charge in [-0.2, -0.15) is 0 Å². The van der Waals surface area contributed by atoms with Crippen molar-refractivity contribution in [2.45, 2.75) is 130 Å². The summed E-state index contributed by atoms with van der Waals surface area (Å²) in [4.78, 5) is 11.8. The molecule has 3 heterocycles. The van der Waals surface area contributed by atoms with Crippen LogP contribution in [0.1, 0.15) is 13.8 Å². The lowest BCUT2D eigenvalue weighted by atomic mass is 9.95. The van der Waals surface area contributed by atoms with Crippen molar-refractivity contribution in [1.29, 1.82) is 0 Å². The third kappa shape index (κ3) is 9.09. The molecule has 0 radical (unpaired) electrons. The summed E-state index contributed by atoms with van der Waals surface area (Å²) in [5.41, 5.74) is 0. The average molecular weight is 694 g/mol. The first-order valence-corrected chi connectivity index (χ1v) is 14.9. The van der Waals surface area contributed by atoms with E-state index >= 15 is 0 Å². The molecule has 0 saturated carbocycles. The van der Waals surface area contributed by atoms with Crippen LogP contribution in [0.15, 0.2) is 0 Å². The summed E-state index contributed by atoms with van der Waals surface area (Å²) >= 11 is 0. The van der Waals surface area contributed by atoms with Gasteiger partial charge in [0, 0.05) is 6.92 Å². The summed E-state index contributed by atoms with van der Waals surface area (Å²) in [6.45, 7) is -1.32. The fourth-order valence-corrected chi connectivity index (χ4v) is 5.47. The summed E-state index contributed by atoms with van der Waals surface area (Å²) < 4.78 is 33.8. The standard InChI is InChI=1S/C26H47NO20/c1-7-13(34)16(37)18(39)24(42-7)47-23-20(41)22(46-25-19(40)17(38)15(36)11(5-30)43-25)12(6-31)44-26(23)45-21(14(35)10(33)4-29)9(3-28)27-8(2)32/h7,9-26,28-31,33-41H,3-6H2,1-2H3,(H,27,32)/t7-,9-,10+,11+,12+,13+,14-,15-,16+,17-,18-,19+,20-,21+,22-,23+,24-,25-,26-/m0/s1. The lowest BCUT2D eigenvalue weighted by Crippen LogP contribution is -2.67. The van der Waals surface area contributed by atoms with Crippen LogP contribution >= 0.6 is 0 Å². The number of hydrogen-bond acceptors (Lipinski definition) is 20. The van der Waals surface area contributed by atoms with E-state index in [9.17, 15) is 71.2 Å². The minimum Gasteiger partial charge on any atom is -0.394 e. The molecule has 14 N–H and O–H groups in total. The molecule has 0 spiro atoms. The quantitative estimate of drug-likeness (QED) is 0.0803. The molecule has 3 fully saturated rings. The molecule has 0 aromatic carbocycles. The van der Waals surface area contributed by atoms with Gasteiger partial charge in [-0.25, -0.2) is 0 Å². The molecule has 0 aromatic heterocycles. The first kappa shape index (κ1) is 40.1. The summed E-state index contributed by atoms with van der Waals surface area (Å²) in [5.74, 6) is -0.720. The average Bonchev–Trinajstić information content (AvgIpc) is 3.05. The van der Waals surface area contributed by atoms with E-state index in [1.807, 2.05) is 0 Å². The van der Waals surface area contributed by atoms with Crippen LogP contribution in [-0.2, 0) is 33.2 Å². The zero-order valence-corrected chi connectivity index (χ0v) is 25.5. The first-order valence-electron chi connectivity index (χ1n) is 14.9. The summed E-state index contributed by atoms with van der Waals surface area (Å²) in [6, 6.07) is -1.49. The van der Waals surface area contributed by atoms with E-state index in [1.165, 1.54) is 6.92 Å². The van der Waals surface area contributed by atoms with Crippen molar-refractivity contribution in [3.05, 3.63) is 0 Å². The van der Waals surface area contributed by atoms with E-state index < -0.39 is 149 Å². The maximum Gasteiger partial charge on any atom is 0.217 e. The molecule has 0 bridgehead atoms. The van der Waals surface area contributed by atoms with Gasteiger partial charge in [0.1, 0.15) is 85.5 Å². The van der Waals surface area contributed by atoms with Crippen LogP contribution in [0.3, 0.4) is 0 Å². The van der Waals surface area contributed by atoms with Crippen LogP contribution in [-0.4, -0.2) is 215 Å². The van der Waals surface area contributed by atoms with E-state index in [0.717, 1.165) is 6.92 Å². The predicted octanol–water partition coefficient (Wildman–Crippen LogP) is -8.94. The molecule has 0 aliphatic carbocycles. The molecule has 21 nitrogen and oxygen atoms in total. The number of amides is 1. The SMILES string of the molecule is CC(=O)N[C@@H](CO)[C@@H](O[C@@H]1O[C@H](CO)[C@H](O[C@@H]2O[C@H](CO)[C@H](O)[C@H](O)[C@H]2O)[C@H](O)[C@H]1O[C@@H]1O[C@@H](C)[C@@H](O)[C@@H](O)[C@@H]1O)[C@@H](O)[C@H](O)CO. The number of ether oxygens (including phenoxy) is 6. The van der Waals surface area contributed by atoms with Gasteiger partial charge in [-0.05, 0) is 6.92 Å². The summed E-state index contributed by atoms with van der Waals surface area (Å²) in [6.07, 6.45) is -32.3. The van der Waals surface area contributed by atoms with Gasteiger partial charge in [0.05, 0.1) is 38.6 Å². The Hall–Kier alpha value is -1.29. The topological polar surface area (TPSA) is 347 Å². The molecule has 3 aliphatic rings. The van der Waals surface area contributed by atoms with E-state index in [1.54, 1.807) is 0 Å². The van der Waals surface area contributed by atoms with Gasteiger partial charge in [0.2, 0.25) is 5.91 Å². The van der Waals surface area contributed by atoms with Crippen molar-refractivity contribution in [2.75, 3.05) is 26.4 Å². The van der Waals surface area contributed by atoms with Gasteiger partial charge in [-0.3, -0.25) is 4.79 Å². The summed E-state index contributed by atoms with van der Waals surface area (Å²) in [5, 5.41) is 136. The third-order valence-corrected chi connectivity index (χ3v) is 8.23. The molecular weight excluding hydrogens is 646 g/mol. The van der Waals surface area contributed by atoms with Crippen molar-refractivity contribution in [3.63, 3.8) is 0 Å². The van der Waals surface area contributed by atoms with Gasteiger partial charge >= 0.3 is 0 Å². The Labute approximate surface area is 268 Å². The number of carbonyl (C=O) groups excluding carboxylic acids is 1. The molecule has 0 aromatic rings. The van der Waals surface area contributed by atoms with Crippen LogP contribution in [0, 0.1) is 0 Å². The predicted molar refractivity (Wildman–Crippen MR) is 146 cm³/mol. The largest absolute Gasteiger partial charge is 0.394 e. The Morgan fingerprint density at radius 2 is 1.21 bits per heavy atom. The van der Waals surface area contributed by atoms with E-state index in [2.05, 4.69) is 5.32 Å². The second kappa shape index (κ2) is 17.6. The first-order chi connectivity index (χ1) is 22.1. The van der Waals surface area contributed by atoms with Gasteiger partial charge in [-0.1, -0.05) is 0 Å². The van der Waals surface area contributed by atoms with Gasteiger partial charge in [-0.15, -0.1) is 0 Å². The molecule has 3 rings (SSSR count).